The molecule has 2 aromatic carbocycles. The van der Waals surface area contributed by atoms with Crippen LogP contribution in [-0.2, 0) is 11.6 Å². The number of rotatable bonds is 4. The first-order valence-electron chi connectivity index (χ1n) is 9.59. The van der Waals surface area contributed by atoms with Crippen LogP contribution in [0, 0.1) is 0 Å². The minimum Gasteiger partial charge on any atom is -0.384 e. The molecule has 0 amide bonds. The minimum atomic E-state index is -4.81. The highest BCUT2D eigenvalue weighted by atomic mass is 35.5. The van der Waals surface area contributed by atoms with Crippen molar-refractivity contribution in [1.82, 2.24) is 4.98 Å². The van der Waals surface area contributed by atoms with E-state index >= 15 is 0 Å². The summed E-state index contributed by atoms with van der Waals surface area (Å²) in [5.74, 6) is 0. The molecule has 0 radical (unpaired) electrons. The summed E-state index contributed by atoms with van der Waals surface area (Å²) in [7, 11) is 0. The van der Waals surface area contributed by atoms with E-state index in [2.05, 4.69) is 10.3 Å². The van der Waals surface area contributed by atoms with E-state index in [1.165, 1.54) is 18.2 Å². The van der Waals surface area contributed by atoms with Crippen LogP contribution in [0.2, 0.25) is 5.02 Å². The Bertz CT molecular complexity index is 1140. The Labute approximate surface area is 184 Å². The summed E-state index contributed by atoms with van der Waals surface area (Å²) in [5.41, 5.74) is -4.48. The lowest BCUT2D eigenvalue weighted by Gasteiger charge is -2.54. The lowest BCUT2D eigenvalue weighted by molar-refractivity contribution is -0.303. The lowest BCUT2D eigenvalue weighted by atomic mass is 9.55. The number of alkyl halides is 6. The van der Waals surface area contributed by atoms with Gasteiger partial charge < -0.3 is 10.4 Å². The van der Waals surface area contributed by atoms with E-state index in [1.54, 1.807) is 30.3 Å². The molecule has 0 saturated heterocycles. The number of aliphatic hydroxyl groups is 1. The molecule has 1 saturated carbocycles. The molecule has 0 unspecified atom stereocenters. The smallest absolute Gasteiger partial charge is 0.384 e. The predicted molar refractivity (Wildman–Crippen MR) is 109 cm³/mol. The van der Waals surface area contributed by atoms with Crippen molar-refractivity contribution in [2.24, 2.45) is 0 Å². The van der Waals surface area contributed by atoms with Crippen molar-refractivity contribution >= 4 is 28.2 Å². The third-order valence-corrected chi connectivity index (χ3v) is 6.09. The minimum absolute atomic E-state index is 0.0425. The Kier molecular flexibility index (Phi) is 5.33. The van der Waals surface area contributed by atoms with Gasteiger partial charge in [0.15, 0.2) is 5.60 Å². The van der Waals surface area contributed by atoms with Crippen molar-refractivity contribution in [1.29, 1.82) is 0 Å². The summed E-state index contributed by atoms with van der Waals surface area (Å²) in [6, 6.07) is 13.3. The molecular formula is C22H17ClF6N2O. The molecule has 1 aromatic heterocycles. The van der Waals surface area contributed by atoms with Gasteiger partial charge >= 0.3 is 12.4 Å². The normalized spacial score (nSPS) is 23.8. The number of nitrogens with zero attached hydrogens (tertiary/aromatic N) is 1. The second kappa shape index (κ2) is 7.52. The Morgan fingerprint density at radius 2 is 1.62 bits per heavy atom. The van der Waals surface area contributed by atoms with E-state index in [0.717, 1.165) is 6.07 Å². The quantitative estimate of drug-likeness (QED) is 0.433. The number of nitrogens with one attached hydrogen (secondary N) is 1. The van der Waals surface area contributed by atoms with Gasteiger partial charge in [0.05, 0.1) is 5.52 Å². The Hall–Kier alpha value is -2.52. The van der Waals surface area contributed by atoms with E-state index in [9.17, 15) is 31.4 Å². The zero-order chi connectivity index (χ0) is 23.4. The molecule has 32 heavy (non-hydrogen) atoms. The van der Waals surface area contributed by atoms with Crippen LogP contribution >= 0.6 is 11.6 Å². The summed E-state index contributed by atoms with van der Waals surface area (Å²) in [5, 5.41) is 13.5. The second-order valence-corrected chi connectivity index (χ2v) is 8.53. The number of hydrogen-bond acceptors (Lipinski definition) is 3. The number of hydrogen-bond donors (Lipinski definition) is 2. The average molecular weight is 475 g/mol. The van der Waals surface area contributed by atoms with E-state index in [0.29, 0.717) is 10.9 Å². The topological polar surface area (TPSA) is 45.1 Å². The van der Waals surface area contributed by atoms with Crippen molar-refractivity contribution in [2.45, 2.75) is 36.2 Å². The molecule has 3 aromatic rings. The summed E-state index contributed by atoms with van der Waals surface area (Å²) in [4.78, 5) is 3.63. The molecule has 0 bridgehead atoms. The van der Waals surface area contributed by atoms with Crippen LogP contribution in [0.5, 0.6) is 0 Å². The van der Waals surface area contributed by atoms with Crippen LogP contribution in [0.3, 0.4) is 0 Å². The van der Waals surface area contributed by atoms with Gasteiger partial charge in [0.1, 0.15) is 5.69 Å². The van der Waals surface area contributed by atoms with Gasteiger partial charge in [-0.05, 0) is 42.7 Å². The third kappa shape index (κ3) is 3.99. The maximum absolute atomic E-state index is 13.4. The van der Waals surface area contributed by atoms with Crippen molar-refractivity contribution in [3.05, 3.63) is 70.9 Å². The first-order valence-corrected chi connectivity index (χ1v) is 9.97. The Morgan fingerprint density at radius 1 is 0.969 bits per heavy atom. The van der Waals surface area contributed by atoms with Crippen molar-refractivity contribution < 1.29 is 31.4 Å². The van der Waals surface area contributed by atoms with Crippen LogP contribution in [-0.4, -0.2) is 28.4 Å². The lowest BCUT2D eigenvalue weighted by Crippen LogP contribution is -2.64. The average Bonchev–Trinajstić information content (AvgIpc) is 2.69. The standard InChI is InChI=1S/C22H17ClF6N2O/c23-14-6-7-16-15(8-14)17(9-18(31-16)21(24,25)26)30-12-19(13-4-2-1-3-5-13)10-20(32,11-19)22(27,28)29/h1-9,32H,10-12H2,(H,30,31). The molecule has 0 spiro atoms. The number of benzene rings is 2. The molecule has 0 atom stereocenters. The fraction of sp³-hybridized carbons (Fsp3) is 0.318. The van der Waals surface area contributed by atoms with Gasteiger partial charge in [0, 0.05) is 28.1 Å². The third-order valence-electron chi connectivity index (χ3n) is 5.85. The van der Waals surface area contributed by atoms with Gasteiger partial charge in [-0.2, -0.15) is 26.3 Å². The molecule has 1 aliphatic carbocycles. The number of fused-ring (bicyclic) bond motifs is 1. The maximum Gasteiger partial charge on any atom is 0.433 e. The van der Waals surface area contributed by atoms with Gasteiger partial charge in [-0.3, -0.25) is 0 Å². The molecule has 1 aliphatic rings. The monoisotopic (exact) mass is 474 g/mol. The van der Waals surface area contributed by atoms with E-state index in [1.807, 2.05) is 0 Å². The number of pyridine rings is 1. The van der Waals surface area contributed by atoms with E-state index < -0.39 is 41.9 Å². The molecule has 170 valence electrons. The first-order chi connectivity index (χ1) is 14.8. The largest absolute Gasteiger partial charge is 0.433 e. The fourth-order valence-electron chi connectivity index (χ4n) is 4.25. The zero-order valence-electron chi connectivity index (χ0n) is 16.4. The molecule has 1 fully saturated rings. The van der Waals surface area contributed by atoms with Crippen LogP contribution in [0.4, 0.5) is 32.0 Å². The molecule has 4 rings (SSSR count). The van der Waals surface area contributed by atoms with Crippen LogP contribution < -0.4 is 5.32 Å². The summed E-state index contributed by atoms with van der Waals surface area (Å²) >= 11 is 6.00. The Balaban J connectivity index is 1.72. The van der Waals surface area contributed by atoms with Crippen LogP contribution in [0.25, 0.3) is 10.9 Å². The number of halogens is 7. The maximum atomic E-state index is 13.4. The summed E-state index contributed by atoms with van der Waals surface area (Å²) in [6.45, 7) is -0.127. The van der Waals surface area contributed by atoms with Crippen LogP contribution in [0.15, 0.2) is 54.6 Å². The highest BCUT2D eigenvalue weighted by Gasteiger charge is 2.67. The van der Waals surface area contributed by atoms with E-state index in [-0.39, 0.29) is 22.8 Å². The van der Waals surface area contributed by atoms with E-state index in [4.69, 9.17) is 11.6 Å². The SMILES string of the molecule is OC1(C(F)(F)F)CC(CNc2cc(C(F)(F)F)nc3ccc(Cl)cc23)(c2ccccc2)C1. The Morgan fingerprint density at radius 3 is 2.22 bits per heavy atom. The summed E-state index contributed by atoms with van der Waals surface area (Å²) in [6.07, 6.45) is -10.8. The molecule has 10 heteroatoms. The number of anilines is 1. The summed E-state index contributed by atoms with van der Waals surface area (Å²) < 4.78 is 80.0. The van der Waals surface area contributed by atoms with Crippen molar-refractivity contribution in [3.63, 3.8) is 0 Å². The molecular weight excluding hydrogens is 458 g/mol. The molecule has 1 heterocycles. The van der Waals surface area contributed by atoms with Crippen molar-refractivity contribution in [2.75, 3.05) is 11.9 Å². The van der Waals surface area contributed by atoms with Gasteiger partial charge in [0.25, 0.3) is 0 Å². The highest BCUT2D eigenvalue weighted by molar-refractivity contribution is 6.31. The first kappa shape index (κ1) is 22.7. The van der Waals surface area contributed by atoms with Gasteiger partial charge in [-0.15, -0.1) is 0 Å². The molecule has 2 N–H and O–H groups in total. The zero-order valence-corrected chi connectivity index (χ0v) is 17.1. The molecule has 0 aliphatic heterocycles. The van der Waals surface area contributed by atoms with Gasteiger partial charge in [-0.25, -0.2) is 4.98 Å². The van der Waals surface area contributed by atoms with Gasteiger partial charge in [0.2, 0.25) is 0 Å². The van der Waals surface area contributed by atoms with Gasteiger partial charge in [-0.1, -0.05) is 41.9 Å². The highest BCUT2D eigenvalue weighted by Crippen LogP contribution is 2.56. The van der Waals surface area contributed by atoms with Crippen molar-refractivity contribution in [3.8, 4) is 0 Å². The second-order valence-electron chi connectivity index (χ2n) is 8.10. The molecule has 3 nitrogen and oxygen atoms in total. The fourth-order valence-corrected chi connectivity index (χ4v) is 4.42. The van der Waals surface area contributed by atoms with Crippen LogP contribution in [0.1, 0.15) is 24.1 Å². The predicted octanol–water partition coefficient (Wildman–Crippen LogP) is 6.34. The number of aromatic nitrogens is 1.